The fraction of sp³-hybridized carbons (Fsp3) is 0.550. The van der Waals surface area contributed by atoms with Crippen molar-refractivity contribution < 1.29 is 19.1 Å². The van der Waals surface area contributed by atoms with Crippen molar-refractivity contribution in [1.82, 2.24) is 10.2 Å². The Morgan fingerprint density at radius 2 is 1.74 bits per heavy atom. The molecule has 1 atom stereocenters. The van der Waals surface area contributed by atoms with Gasteiger partial charge in [0.15, 0.2) is 6.61 Å². The number of urea groups is 1. The molecule has 1 aliphatic heterocycles. The van der Waals surface area contributed by atoms with Crippen molar-refractivity contribution in [3.63, 3.8) is 0 Å². The summed E-state index contributed by atoms with van der Waals surface area (Å²) < 4.78 is 5.15. The zero-order chi connectivity index (χ0) is 19.8. The predicted molar refractivity (Wildman–Crippen MR) is 103 cm³/mol. The molecule has 1 heterocycles. The molecule has 1 aliphatic rings. The van der Waals surface area contributed by atoms with Gasteiger partial charge in [-0.25, -0.2) is 4.79 Å². The third-order valence-corrected chi connectivity index (χ3v) is 4.87. The summed E-state index contributed by atoms with van der Waals surface area (Å²) in [6, 6.07) is 9.11. The van der Waals surface area contributed by atoms with Gasteiger partial charge < -0.3 is 20.3 Å². The second kappa shape index (κ2) is 9.94. The number of benzene rings is 1. The maximum Gasteiger partial charge on any atom is 0.321 e. The van der Waals surface area contributed by atoms with Gasteiger partial charge in [-0.05, 0) is 37.8 Å². The largest absolute Gasteiger partial charge is 0.455 e. The Bertz CT molecular complexity index is 640. The fourth-order valence-corrected chi connectivity index (χ4v) is 2.76. The molecule has 7 heteroatoms. The van der Waals surface area contributed by atoms with Gasteiger partial charge in [0.05, 0.1) is 5.92 Å². The first-order valence-electron chi connectivity index (χ1n) is 9.43. The number of amides is 3. The lowest BCUT2D eigenvalue weighted by molar-refractivity contribution is -0.154. The lowest BCUT2D eigenvalue weighted by Crippen LogP contribution is -2.43. The number of ether oxygens (including phenoxy) is 1. The molecule has 0 saturated carbocycles. The maximum atomic E-state index is 12.3. The van der Waals surface area contributed by atoms with Crippen molar-refractivity contribution in [3.05, 3.63) is 30.3 Å². The van der Waals surface area contributed by atoms with Gasteiger partial charge in [0.25, 0.3) is 5.91 Å². The number of hydrogen-bond donors (Lipinski definition) is 2. The highest BCUT2D eigenvalue weighted by Gasteiger charge is 2.29. The molecule has 1 saturated heterocycles. The third kappa shape index (κ3) is 6.58. The number of nitrogens with one attached hydrogen (secondary N) is 2. The molecule has 1 fully saturated rings. The van der Waals surface area contributed by atoms with Crippen LogP contribution in [0.25, 0.3) is 0 Å². The minimum atomic E-state index is -0.370. The molecule has 27 heavy (non-hydrogen) atoms. The molecule has 1 aromatic rings. The van der Waals surface area contributed by atoms with E-state index in [2.05, 4.69) is 10.6 Å². The van der Waals surface area contributed by atoms with Crippen LogP contribution in [-0.2, 0) is 14.3 Å². The second-order valence-electron chi connectivity index (χ2n) is 7.27. The van der Waals surface area contributed by atoms with Crippen molar-refractivity contribution in [2.45, 2.75) is 39.7 Å². The van der Waals surface area contributed by atoms with Crippen LogP contribution in [0.4, 0.5) is 10.5 Å². The maximum absolute atomic E-state index is 12.3. The second-order valence-corrected chi connectivity index (χ2v) is 7.27. The van der Waals surface area contributed by atoms with Crippen LogP contribution in [0.15, 0.2) is 30.3 Å². The summed E-state index contributed by atoms with van der Waals surface area (Å²) >= 11 is 0. The van der Waals surface area contributed by atoms with E-state index in [1.807, 2.05) is 51.1 Å². The van der Waals surface area contributed by atoms with Crippen LogP contribution >= 0.6 is 0 Å². The Hall–Kier alpha value is -2.57. The lowest BCUT2D eigenvalue weighted by atomic mass is 9.97. The molecule has 0 aromatic heterocycles. The summed E-state index contributed by atoms with van der Waals surface area (Å²) in [5.41, 5.74) is 0.741. The monoisotopic (exact) mass is 375 g/mol. The van der Waals surface area contributed by atoms with Gasteiger partial charge in [0.1, 0.15) is 0 Å². The molecule has 0 bridgehead atoms. The quantitative estimate of drug-likeness (QED) is 0.748. The van der Waals surface area contributed by atoms with E-state index >= 15 is 0 Å². The van der Waals surface area contributed by atoms with Gasteiger partial charge in [0.2, 0.25) is 0 Å². The Morgan fingerprint density at radius 3 is 2.33 bits per heavy atom. The summed E-state index contributed by atoms with van der Waals surface area (Å²) in [7, 11) is 0. The molecule has 0 radical (unpaired) electrons. The van der Waals surface area contributed by atoms with Crippen LogP contribution in [0.2, 0.25) is 0 Å². The number of esters is 1. The number of para-hydroxylation sites is 1. The highest BCUT2D eigenvalue weighted by molar-refractivity contribution is 5.89. The topological polar surface area (TPSA) is 87.7 Å². The minimum absolute atomic E-state index is 0.0302. The average molecular weight is 375 g/mol. The summed E-state index contributed by atoms with van der Waals surface area (Å²) in [6.07, 6.45) is 1.07. The molecule has 3 amide bonds. The molecular formula is C20H29N3O4. The normalized spacial score (nSPS) is 15.9. The molecule has 148 valence electrons. The van der Waals surface area contributed by atoms with Crippen LogP contribution in [0.5, 0.6) is 0 Å². The summed E-state index contributed by atoms with van der Waals surface area (Å²) in [4.78, 5) is 37.9. The predicted octanol–water partition coefficient (Wildman–Crippen LogP) is 2.63. The average Bonchev–Trinajstić information content (AvgIpc) is 2.66. The van der Waals surface area contributed by atoms with Gasteiger partial charge in [0, 0.05) is 24.8 Å². The zero-order valence-electron chi connectivity index (χ0n) is 16.2. The molecule has 0 unspecified atom stereocenters. The first-order chi connectivity index (χ1) is 12.9. The van der Waals surface area contributed by atoms with Crippen LogP contribution in [0.3, 0.4) is 0 Å². The van der Waals surface area contributed by atoms with Crippen molar-refractivity contribution in [3.8, 4) is 0 Å². The number of carbonyl (C=O) groups excluding carboxylic acids is 3. The van der Waals surface area contributed by atoms with Gasteiger partial charge in [-0.2, -0.15) is 0 Å². The SMILES string of the molecule is CC(C)[C@H](C)NC(=O)COC(=O)C1CCN(C(=O)Nc2ccccc2)CC1. The highest BCUT2D eigenvalue weighted by atomic mass is 16.5. The van der Waals surface area contributed by atoms with E-state index in [1.54, 1.807) is 4.90 Å². The number of anilines is 1. The number of nitrogens with zero attached hydrogens (tertiary/aromatic N) is 1. The Balaban J connectivity index is 1.71. The number of piperidine rings is 1. The third-order valence-electron chi connectivity index (χ3n) is 4.87. The van der Waals surface area contributed by atoms with E-state index in [4.69, 9.17) is 4.74 Å². The summed E-state index contributed by atoms with van der Waals surface area (Å²) in [6.45, 7) is 6.65. The van der Waals surface area contributed by atoms with Crippen LogP contribution in [0.1, 0.15) is 33.6 Å². The molecule has 0 spiro atoms. The van der Waals surface area contributed by atoms with Crippen molar-refractivity contribution >= 4 is 23.6 Å². The Kier molecular flexibility index (Phi) is 7.64. The summed E-state index contributed by atoms with van der Waals surface area (Å²) in [5.74, 6) is -0.619. The van der Waals surface area contributed by atoms with E-state index in [0.29, 0.717) is 31.8 Å². The number of rotatable bonds is 6. The van der Waals surface area contributed by atoms with Gasteiger partial charge in [-0.3, -0.25) is 9.59 Å². The molecule has 1 aromatic carbocycles. The molecule has 7 nitrogen and oxygen atoms in total. The highest BCUT2D eigenvalue weighted by Crippen LogP contribution is 2.19. The van der Waals surface area contributed by atoms with E-state index < -0.39 is 0 Å². The van der Waals surface area contributed by atoms with Crippen LogP contribution in [0, 0.1) is 11.8 Å². The van der Waals surface area contributed by atoms with Gasteiger partial charge >= 0.3 is 12.0 Å². The van der Waals surface area contributed by atoms with Gasteiger partial charge in [-0.1, -0.05) is 32.0 Å². The van der Waals surface area contributed by atoms with Crippen molar-refractivity contribution in [2.75, 3.05) is 25.0 Å². The zero-order valence-corrected chi connectivity index (χ0v) is 16.2. The lowest BCUT2D eigenvalue weighted by Gasteiger charge is -2.31. The number of likely N-dealkylation sites (tertiary alicyclic amines) is 1. The first-order valence-corrected chi connectivity index (χ1v) is 9.43. The van der Waals surface area contributed by atoms with E-state index in [-0.39, 0.29) is 36.5 Å². The summed E-state index contributed by atoms with van der Waals surface area (Å²) in [5, 5.41) is 5.65. The van der Waals surface area contributed by atoms with Crippen molar-refractivity contribution in [1.29, 1.82) is 0 Å². The Labute approximate surface area is 160 Å². The molecule has 0 aliphatic carbocycles. The number of carbonyl (C=O) groups is 3. The van der Waals surface area contributed by atoms with Gasteiger partial charge in [-0.15, -0.1) is 0 Å². The minimum Gasteiger partial charge on any atom is -0.455 e. The first kappa shape index (κ1) is 20.7. The van der Waals surface area contributed by atoms with Crippen LogP contribution in [-0.4, -0.2) is 48.5 Å². The smallest absolute Gasteiger partial charge is 0.321 e. The van der Waals surface area contributed by atoms with E-state index in [9.17, 15) is 14.4 Å². The van der Waals surface area contributed by atoms with Crippen LogP contribution < -0.4 is 10.6 Å². The fourth-order valence-electron chi connectivity index (χ4n) is 2.76. The molecule has 2 N–H and O–H groups in total. The van der Waals surface area contributed by atoms with Crippen molar-refractivity contribution in [2.24, 2.45) is 11.8 Å². The molecule has 2 rings (SSSR count). The standard InChI is InChI=1S/C20H29N3O4/c1-14(2)15(3)21-18(24)13-27-19(25)16-9-11-23(12-10-16)20(26)22-17-7-5-4-6-8-17/h4-8,14-16H,9-13H2,1-3H3,(H,21,24)(H,22,26)/t15-/m0/s1. The number of hydrogen-bond acceptors (Lipinski definition) is 4. The van der Waals surface area contributed by atoms with E-state index in [1.165, 1.54) is 0 Å². The molecular weight excluding hydrogens is 346 g/mol. The Morgan fingerprint density at radius 1 is 1.11 bits per heavy atom. The van der Waals surface area contributed by atoms with E-state index in [0.717, 1.165) is 5.69 Å².